The van der Waals surface area contributed by atoms with Crippen LogP contribution in [0.1, 0.15) is 80.6 Å². The summed E-state index contributed by atoms with van der Waals surface area (Å²) in [5, 5.41) is 20.0. The van der Waals surface area contributed by atoms with Gasteiger partial charge in [-0.05, 0) is 67.6 Å². The molecule has 0 aromatic rings. The number of carbonyl (C=O) groups excluding carboxylic acids is 3. The van der Waals surface area contributed by atoms with Crippen molar-refractivity contribution in [2.45, 2.75) is 98.4 Å². The Morgan fingerprint density at radius 3 is 2.46 bits per heavy atom. The number of epoxide rings is 1. The van der Waals surface area contributed by atoms with Crippen molar-refractivity contribution >= 4 is 23.3 Å². The minimum absolute atomic E-state index is 0.0160. The summed E-state index contributed by atoms with van der Waals surface area (Å²) in [6, 6.07) is 0. The summed E-state index contributed by atoms with van der Waals surface area (Å²) in [6.45, 7) is 13.4. The summed E-state index contributed by atoms with van der Waals surface area (Å²) < 4.78 is 6.57. The Kier molecular flexibility index (Phi) is 5.53. The summed E-state index contributed by atoms with van der Waals surface area (Å²) in [5.41, 5.74) is -2.12. The highest BCUT2D eigenvalue weighted by molar-refractivity contribution is 6.08. The number of ketones is 3. The molecule has 4 fully saturated rings. The van der Waals surface area contributed by atoms with E-state index in [-0.39, 0.29) is 53.0 Å². The molecule has 37 heavy (non-hydrogen) atoms. The minimum atomic E-state index is -1.07. The monoisotopic (exact) mass is 512 g/mol. The first-order valence-electron chi connectivity index (χ1n) is 13.6. The number of hydrogen-bond donors (Lipinski definition) is 2. The first-order valence-corrected chi connectivity index (χ1v) is 13.6. The van der Waals surface area contributed by atoms with E-state index in [1.165, 1.54) is 13.0 Å². The van der Waals surface area contributed by atoms with Crippen LogP contribution in [0, 0.1) is 39.4 Å². The number of rotatable bonds is 5. The number of ether oxygens (including phenoxy) is 1. The van der Waals surface area contributed by atoms with Crippen LogP contribution >= 0.6 is 0 Å². The van der Waals surface area contributed by atoms with Gasteiger partial charge in [-0.2, -0.15) is 0 Å². The fourth-order valence-electron chi connectivity index (χ4n) is 9.13. The molecule has 202 valence electrons. The summed E-state index contributed by atoms with van der Waals surface area (Å²) in [6.07, 6.45) is 4.70. The van der Waals surface area contributed by atoms with Crippen molar-refractivity contribution in [1.82, 2.24) is 0 Å². The molecule has 0 amide bonds. The highest BCUT2D eigenvalue weighted by Crippen LogP contribution is 2.78. The molecule has 5 rings (SSSR count). The SMILES string of the molecule is CC(=CC(=O)CC(C)C(=O)O)C1CC(=O)C2(C)C1(C)C(=O)C=C1C3(C)CCC(O)C(C)(C)C3CC3OC132. The molecule has 4 aliphatic carbocycles. The van der Waals surface area contributed by atoms with Crippen LogP contribution in [-0.2, 0) is 23.9 Å². The third-order valence-corrected chi connectivity index (χ3v) is 11.7. The van der Waals surface area contributed by atoms with Crippen molar-refractivity contribution in [3.8, 4) is 0 Å². The number of carboxylic acids is 1. The quantitative estimate of drug-likeness (QED) is 0.421. The van der Waals surface area contributed by atoms with Gasteiger partial charge in [0.15, 0.2) is 11.6 Å². The Labute approximate surface area is 218 Å². The average molecular weight is 513 g/mol. The molecule has 1 aliphatic heterocycles. The highest BCUT2D eigenvalue weighted by atomic mass is 16.6. The molecule has 3 saturated carbocycles. The molecule has 1 spiro atoms. The standard InChI is InChI=1S/C30H40O7/c1-15(10-17(31)11-16(2)25(35)36)18-12-23(34)29(7)28(18,6)22(33)13-20-27(5)9-8-21(32)26(3,4)19(27)14-24-30(20,29)37-24/h10,13,16,18-19,21,24,32H,8-9,11-12,14H2,1-7H3,(H,35,36). The van der Waals surface area contributed by atoms with Crippen LogP contribution in [0.2, 0.25) is 0 Å². The fourth-order valence-corrected chi connectivity index (χ4v) is 9.13. The zero-order chi connectivity index (χ0) is 27.5. The molecule has 0 bridgehead atoms. The summed E-state index contributed by atoms with van der Waals surface area (Å²) >= 11 is 0. The van der Waals surface area contributed by atoms with E-state index in [9.17, 15) is 29.4 Å². The second-order valence-corrected chi connectivity index (χ2v) is 13.7. The van der Waals surface area contributed by atoms with Crippen LogP contribution in [0.3, 0.4) is 0 Å². The van der Waals surface area contributed by atoms with Crippen molar-refractivity contribution in [3.63, 3.8) is 0 Å². The second kappa shape index (κ2) is 7.72. The first-order chi connectivity index (χ1) is 17.0. The molecular formula is C30H40O7. The van der Waals surface area contributed by atoms with Crippen LogP contribution in [0.4, 0.5) is 0 Å². The van der Waals surface area contributed by atoms with Gasteiger partial charge in [0.2, 0.25) is 0 Å². The van der Waals surface area contributed by atoms with Gasteiger partial charge in [-0.3, -0.25) is 19.2 Å². The molecule has 5 aliphatic rings. The average Bonchev–Trinajstić information content (AvgIpc) is 3.49. The number of Topliss-reactive ketones (excluding diaryl/α,β-unsaturated/α-hetero) is 1. The van der Waals surface area contributed by atoms with Crippen molar-refractivity contribution in [1.29, 1.82) is 0 Å². The molecule has 1 saturated heterocycles. The molecule has 7 nitrogen and oxygen atoms in total. The molecule has 0 aromatic carbocycles. The first kappa shape index (κ1) is 26.5. The van der Waals surface area contributed by atoms with E-state index < -0.39 is 40.3 Å². The zero-order valence-corrected chi connectivity index (χ0v) is 23.0. The lowest BCUT2D eigenvalue weighted by molar-refractivity contribution is -0.149. The largest absolute Gasteiger partial charge is 0.481 e. The third-order valence-electron chi connectivity index (χ3n) is 11.7. The number of carboxylic acid groups (broad SMARTS) is 1. The normalized spacial score (nSPS) is 46.7. The Morgan fingerprint density at radius 2 is 1.84 bits per heavy atom. The number of allylic oxidation sites excluding steroid dienone is 3. The Morgan fingerprint density at radius 1 is 1.19 bits per heavy atom. The summed E-state index contributed by atoms with van der Waals surface area (Å²) in [5.74, 6) is -2.62. The van der Waals surface area contributed by atoms with Crippen molar-refractivity contribution in [3.05, 3.63) is 23.3 Å². The zero-order valence-electron chi connectivity index (χ0n) is 23.0. The van der Waals surface area contributed by atoms with Crippen molar-refractivity contribution < 1.29 is 34.1 Å². The number of fused-ring (bicyclic) bond motifs is 3. The van der Waals surface area contributed by atoms with Crippen LogP contribution in [0.5, 0.6) is 0 Å². The molecule has 1 heterocycles. The van der Waals surface area contributed by atoms with E-state index in [1.807, 2.05) is 13.8 Å². The Hall–Kier alpha value is -2.12. The molecule has 2 N–H and O–H groups in total. The number of aliphatic hydroxyl groups is 1. The Balaban J connectivity index is 1.58. The number of aliphatic hydroxyl groups excluding tert-OH is 1. The maximum absolute atomic E-state index is 14.2. The lowest BCUT2D eigenvalue weighted by Crippen LogP contribution is -2.65. The number of carbonyl (C=O) groups is 4. The highest BCUT2D eigenvalue weighted by Gasteiger charge is 2.86. The van der Waals surface area contributed by atoms with Gasteiger partial charge in [0, 0.05) is 18.8 Å². The maximum atomic E-state index is 14.2. The van der Waals surface area contributed by atoms with Gasteiger partial charge in [-0.25, -0.2) is 0 Å². The fraction of sp³-hybridized carbons (Fsp3) is 0.733. The lowest BCUT2D eigenvalue weighted by Gasteiger charge is -2.61. The van der Waals surface area contributed by atoms with E-state index in [1.54, 1.807) is 13.0 Å². The number of aliphatic carboxylic acids is 1. The van der Waals surface area contributed by atoms with E-state index in [0.717, 1.165) is 18.4 Å². The topological polar surface area (TPSA) is 121 Å². The predicted molar refractivity (Wildman–Crippen MR) is 135 cm³/mol. The maximum Gasteiger partial charge on any atom is 0.306 e. The Bertz CT molecular complexity index is 1180. The van der Waals surface area contributed by atoms with Gasteiger partial charge in [0.25, 0.3) is 0 Å². The smallest absolute Gasteiger partial charge is 0.306 e. The van der Waals surface area contributed by atoms with Gasteiger partial charge in [0.05, 0.1) is 29.0 Å². The van der Waals surface area contributed by atoms with E-state index >= 15 is 0 Å². The van der Waals surface area contributed by atoms with E-state index in [2.05, 4.69) is 20.8 Å². The second-order valence-electron chi connectivity index (χ2n) is 13.7. The summed E-state index contributed by atoms with van der Waals surface area (Å²) in [4.78, 5) is 52.0. The van der Waals surface area contributed by atoms with Gasteiger partial charge in [-0.15, -0.1) is 0 Å². The summed E-state index contributed by atoms with van der Waals surface area (Å²) in [7, 11) is 0. The third kappa shape index (κ3) is 3.01. The predicted octanol–water partition coefficient (Wildman–Crippen LogP) is 4.07. The molecular weight excluding hydrogens is 472 g/mol. The van der Waals surface area contributed by atoms with Crippen LogP contribution < -0.4 is 0 Å². The van der Waals surface area contributed by atoms with Crippen molar-refractivity contribution in [2.24, 2.45) is 39.4 Å². The lowest BCUT2D eigenvalue weighted by atomic mass is 9.40. The van der Waals surface area contributed by atoms with Gasteiger partial charge >= 0.3 is 5.97 Å². The molecule has 7 heteroatoms. The van der Waals surface area contributed by atoms with Gasteiger partial charge < -0.3 is 14.9 Å². The van der Waals surface area contributed by atoms with Crippen LogP contribution in [-0.4, -0.2) is 51.3 Å². The van der Waals surface area contributed by atoms with Crippen LogP contribution in [0.25, 0.3) is 0 Å². The molecule has 9 unspecified atom stereocenters. The minimum Gasteiger partial charge on any atom is -0.481 e. The van der Waals surface area contributed by atoms with Gasteiger partial charge in [0.1, 0.15) is 11.4 Å². The van der Waals surface area contributed by atoms with E-state index in [0.29, 0.717) is 12.0 Å². The molecule has 0 radical (unpaired) electrons. The van der Waals surface area contributed by atoms with E-state index in [4.69, 9.17) is 4.74 Å². The molecule has 9 atom stereocenters. The van der Waals surface area contributed by atoms with Crippen molar-refractivity contribution in [2.75, 3.05) is 0 Å². The van der Waals surface area contributed by atoms with Gasteiger partial charge in [-0.1, -0.05) is 40.2 Å². The molecule has 0 aromatic heterocycles. The van der Waals surface area contributed by atoms with Crippen LogP contribution in [0.15, 0.2) is 23.3 Å². The number of hydrogen-bond acceptors (Lipinski definition) is 6.